The Morgan fingerprint density at radius 1 is 1.23 bits per heavy atom. The number of piperazine rings is 1. The summed E-state index contributed by atoms with van der Waals surface area (Å²) in [5.41, 5.74) is 0.828. The van der Waals surface area contributed by atoms with E-state index in [1.165, 1.54) is 0 Å². The number of carbonyl (C=O) groups is 2. The summed E-state index contributed by atoms with van der Waals surface area (Å²) in [6.07, 6.45) is 1.47. The number of rotatable bonds is 2. The molecule has 2 saturated heterocycles. The maximum atomic E-state index is 12.4. The van der Waals surface area contributed by atoms with Gasteiger partial charge in [0.15, 0.2) is 0 Å². The topological polar surface area (TPSA) is 43.9 Å². The van der Waals surface area contributed by atoms with Crippen molar-refractivity contribution in [2.24, 2.45) is 0 Å². The summed E-state index contributed by atoms with van der Waals surface area (Å²) in [6.45, 7) is 4.46. The average molecular weight is 301 g/mol. The van der Waals surface area contributed by atoms with Crippen LogP contribution in [0.15, 0.2) is 30.3 Å². The van der Waals surface area contributed by atoms with Crippen molar-refractivity contribution in [3.63, 3.8) is 0 Å². The highest BCUT2D eigenvalue weighted by molar-refractivity contribution is 5.96. The number of likely N-dealkylation sites (N-methyl/N-ethyl adjacent to an activating group) is 1. The number of hydrogen-bond acceptors (Lipinski definition) is 3. The van der Waals surface area contributed by atoms with Crippen LogP contribution in [-0.4, -0.2) is 60.4 Å². The number of likely N-dealkylation sites (tertiary alicyclic amines) is 1. The Kier molecular flexibility index (Phi) is 3.91. The SMILES string of the molecule is CCC(=O)N1CCC2(C1)CN(c1ccccc1)C(=O)CN2C. The number of carbonyl (C=O) groups excluding carboxylic acids is 2. The first-order valence-corrected chi connectivity index (χ1v) is 7.90. The Morgan fingerprint density at radius 2 is 1.95 bits per heavy atom. The summed E-state index contributed by atoms with van der Waals surface area (Å²) in [5, 5.41) is 0. The van der Waals surface area contributed by atoms with Gasteiger partial charge in [-0.05, 0) is 25.6 Å². The fourth-order valence-electron chi connectivity index (χ4n) is 3.54. The van der Waals surface area contributed by atoms with E-state index in [0.29, 0.717) is 26.1 Å². The van der Waals surface area contributed by atoms with Crippen molar-refractivity contribution in [1.82, 2.24) is 9.80 Å². The standard InChI is InChI=1S/C17H23N3O2/c1-3-15(21)19-10-9-17(12-19)13-20(16(22)11-18(17)2)14-7-5-4-6-8-14/h4-8H,3,9-13H2,1-2H3. The van der Waals surface area contributed by atoms with Crippen molar-refractivity contribution in [2.45, 2.75) is 25.3 Å². The lowest BCUT2D eigenvalue weighted by Crippen LogP contribution is -2.64. The number of nitrogens with zero attached hydrogens (tertiary/aromatic N) is 3. The molecule has 2 amide bonds. The molecule has 0 radical (unpaired) electrons. The Morgan fingerprint density at radius 3 is 2.64 bits per heavy atom. The molecular weight excluding hydrogens is 278 g/mol. The largest absolute Gasteiger partial charge is 0.341 e. The van der Waals surface area contributed by atoms with Crippen LogP contribution in [0.3, 0.4) is 0 Å². The smallest absolute Gasteiger partial charge is 0.241 e. The molecule has 118 valence electrons. The lowest BCUT2D eigenvalue weighted by Gasteiger charge is -2.46. The van der Waals surface area contributed by atoms with Crippen LogP contribution in [-0.2, 0) is 9.59 Å². The highest BCUT2D eigenvalue weighted by Crippen LogP contribution is 2.33. The maximum Gasteiger partial charge on any atom is 0.241 e. The van der Waals surface area contributed by atoms with E-state index in [-0.39, 0.29) is 17.4 Å². The van der Waals surface area contributed by atoms with Gasteiger partial charge in [0.2, 0.25) is 11.8 Å². The van der Waals surface area contributed by atoms with Gasteiger partial charge in [-0.3, -0.25) is 14.5 Å². The van der Waals surface area contributed by atoms with Crippen molar-refractivity contribution in [3.05, 3.63) is 30.3 Å². The molecule has 0 N–H and O–H groups in total. The van der Waals surface area contributed by atoms with Crippen molar-refractivity contribution < 1.29 is 9.59 Å². The van der Waals surface area contributed by atoms with Gasteiger partial charge in [-0.2, -0.15) is 0 Å². The predicted octanol–water partition coefficient (Wildman–Crippen LogP) is 1.35. The average Bonchev–Trinajstić information content (AvgIpc) is 2.97. The Labute approximate surface area is 131 Å². The highest BCUT2D eigenvalue weighted by Gasteiger charge is 2.48. The van der Waals surface area contributed by atoms with E-state index in [4.69, 9.17) is 0 Å². The molecule has 1 aromatic rings. The molecule has 2 aliphatic rings. The number of para-hydroxylation sites is 1. The fraction of sp³-hybridized carbons (Fsp3) is 0.529. The lowest BCUT2D eigenvalue weighted by atomic mass is 9.92. The van der Waals surface area contributed by atoms with Crippen LogP contribution in [0.5, 0.6) is 0 Å². The highest BCUT2D eigenvalue weighted by atomic mass is 16.2. The molecule has 2 heterocycles. The van der Waals surface area contributed by atoms with Crippen LogP contribution in [0.4, 0.5) is 5.69 Å². The van der Waals surface area contributed by atoms with E-state index in [2.05, 4.69) is 4.90 Å². The van der Waals surface area contributed by atoms with Crippen molar-refractivity contribution in [2.75, 3.05) is 38.1 Å². The van der Waals surface area contributed by atoms with E-state index in [1.54, 1.807) is 0 Å². The zero-order valence-electron chi connectivity index (χ0n) is 13.3. The van der Waals surface area contributed by atoms with Crippen LogP contribution < -0.4 is 4.90 Å². The van der Waals surface area contributed by atoms with Crippen LogP contribution in [0.25, 0.3) is 0 Å². The van der Waals surface area contributed by atoms with Crippen LogP contribution in [0.2, 0.25) is 0 Å². The molecule has 0 bridgehead atoms. The van der Waals surface area contributed by atoms with Crippen LogP contribution in [0.1, 0.15) is 19.8 Å². The monoisotopic (exact) mass is 301 g/mol. The molecule has 5 nitrogen and oxygen atoms in total. The molecule has 2 aliphatic heterocycles. The zero-order valence-corrected chi connectivity index (χ0v) is 13.3. The van der Waals surface area contributed by atoms with Crippen molar-refractivity contribution in [1.29, 1.82) is 0 Å². The van der Waals surface area contributed by atoms with Gasteiger partial charge in [0, 0.05) is 31.7 Å². The van der Waals surface area contributed by atoms with Crippen LogP contribution in [0, 0.1) is 0 Å². The first-order chi connectivity index (χ1) is 10.6. The molecule has 1 unspecified atom stereocenters. The van der Waals surface area contributed by atoms with Gasteiger partial charge in [-0.1, -0.05) is 25.1 Å². The third-order valence-corrected chi connectivity index (χ3v) is 4.99. The molecule has 3 rings (SSSR count). The molecule has 0 aliphatic carbocycles. The van der Waals surface area contributed by atoms with Gasteiger partial charge in [-0.25, -0.2) is 0 Å². The van der Waals surface area contributed by atoms with Gasteiger partial charge in [0.1, 0.15) is 0 Å². The summed E-state index contributed by atoms with van der Waals surface area (Å²) in [6, 6.07) is 9.81. The second-order valence-electron chi connectivity index (χ2n) is 6.31. The second-order valence-corrected chi connectivity index (χ2v) is 6.31. The van der Waals surface area contributed by atoms with Gasteiger partial charge in [0.05, 0.1) is 12.1 Å². The lowest BCUT2D eigenvalue weighted by molar-refractivity contribution is -0.130. The predicted molar refractivity (Wildman–Crippen MR) is 85.6 cm³/mol. The second kappa shape index (κ2) is 5.72. The van der Waals surface area contributed by atoms with Gasteiger partial charge in [0.25, 0.3) is 0 Å². The number of hydrogen-bond donors (Lipinski definition) is 0. The fourth-order valence-corrected chi connectivity index (χ4v) is 3.54. The van der Waals surface area contributed by atoms with Gasteiger partial charge in [-0.15, -0.1) is 0 Å². The quantitative estimate of drug-likeness (QED) is 0.828. The zero-order chi connectivity index (χ0) is 15.7. The number of anilines is 1. The van der Waals surface area contributed by atoms with Crippen LogP contribution >= 0.6 is 0 Å². The normalized spacial score (nSPS) is 26.0. The van der Waals surface area contributed by atoms with E-state index in [0.717, 1.165) is 18.7 Å². The first-order valence-electron chi connectivity index (χ1n) is 7.90. The molecule has 1 spiro atoms. The summed E-state index contributed by atoms with van der Waals surface area (Å²) in [7, 11) is 2.00. The van der Waals surface area contributed by atoms with Gasteiger partial charge >= 0.3 is 0 Å². The Hall–Kier alpha value is -1.88. The van der Waals surface area contributed by atoms with E-state index < -0.39 is 0 Å². The van der Waals surface area contributed by atoms with E-state index in [9.17, 15) is 9.59 Å². The van der Waals surface area contributed by atoms with Crippen molar-refractivity contribution >= 4 is 17.5 Å². The molecule has 1 aromatic carbocycles. The molecule has 2 fully saturated rings. The molecule has 1 atom stereocenters. The minimum atomic E-state index is -0.116. The summed E-state index contributed by atoms with van der Waals surface area (Å²) < 4.78 is 0. The molecular formula is C17H23N3O2. The maximum absolute atomic E-state index is 12.4. The first kappa shape index (κ1) is 15.0. The number of benzene rings is 1. The van der Waals surface area contributed by atoms with E-state index in [1.807, 2.05) is 54.1 Å². The van der Waals surface area contributed by atoms with Gasteiger partial charge < -0.3 is 9.80 Å². The van der Waals surface area contributed by atoms with E-state index >= 15 is 0 Å². The molecule has 5 heteroatoms. The third-order valence-electron chi connectivity index (χ3n) is 4.99. The summed E-state index contributed by atoms with van der Waals surface area (Å²) in [5.74, 6) is 0.327. The third kappa shape index (κ3) is 2.50. The minimum Gasteiger partial charge on any atom is -0.341 e. The molecule has 0 saturated carbocycles. The summed E-state index contributed by atoms with van der Waals surface area (Å²) >= 11 is 0. The Bertz CT molecular complexity index is 575. The minimum absolute atomic E-state index is 0.116. The molecule has 0 aromatic heterocycles. The molecule has 22 heavy (non-hydrogen) atoms. The van der Waals surface area contributed by atoms with Crippen molar-refractivity contribution in [3.8, 4) is 0 Å². The Balaban J connectivity index is 1.83. The number of amides is 2. The summed E-state index contributed by atoms with van der Waals surface area (Å²) in [4.78, 5) is 30.4.